The van der Waals surface area contributed by atoms with Crippen molar-refractivity contribution in [1.82, 2.24) is 5.32 Å². The van der Waals surface area contributed by atoms with Crippen molar-refractivity contribution in [2.24, 2.45) is 0 Å². The molecule has 1 amide bonds. The van der Waals surface area contributed by atoms with Gasteiger partial charge in [0.15, 0.2) is 0 Å². The number of aryl methyl sites for hydroxylation is 1. The lowest BCUT2D eigenvalue weighted by molar-refractivity contribution is -0.139. The van der Waals surface area contributed by atoms with Crippen LogP contribution in [0.25, 0.3) is 11.1 Å². The Morgan fingerprint density at radius 2 is 1.48 bits per heavy atom. The highest BCUT2D eigenvalue weighted by molar-refractivity contribution is 7.98. The first-order chi connectivity index (χ1) is 19.5. The number of thioether (sulfide) groups is 1. The minimum Gasteiger partial charge on any atom is -0.480 e. The molecular weight excluding hydrogens is 518 g/mol. The van der Waals surface area contributed by atoms with Crippen molar-refractivity contribution in [3.8, 4) is 11.1 Å². The van der Waals surface area contributed by atoms with Gasteiger partial charge in [0.25, 0.3) is 5.91 Å². The first-order valence-electron chi connectivity index (χ1n) is 13.4. The summed E-state index contributed by atoms with van der Waals surface area (Å²) >= 11 is 1.56. The molecule has 1 atom stereocenters. The van der Waals surface area contributed by atoms with Gasteiger partial charge >= 0.3 is 5.97 Å². The molecule has 4 aromatic rings. The van der Waals surface area contributed by atoms with Crippen molar-refractivity contribution in [3.63, 3.8) is 0 Å². The second-order valence-corrected chi connectivity index (χ2v) is 10.8. The van der Waals surface area contributed by atoms with Crippen LogP contribution >= 0.6 is 11.8 Å². The average molecular weight is 554 g/mol. The molecule has 0 radical (unpaired) electrons. The van der Waals surface area contributed by atoms with Gasteiger partial charge in [-0.25, -0.2) is 4.79 Å². The van der Waals surface area contributed by atoms with Crippen LogP contribution in [0.15, 0.2) is 97.1 Å². The van der Waals surface area contributed by atoms with E-state index in [1.54, 1.807) is 11.8 Å². The lowest BCUT2D eigenvalue weighted by Crippen LogP contribution is -2.41. The van der Waals surface area contributed by atoms with E-state index in [0.717, 1.165) is 38.9 Å². The number of benzene rings is 4. The lowest BCUT2D eigenvalue weighted by atomic mass is 9.89. The summed E-state index contributed by atoms with van der Waals surface area (Å²) < 4.78 is 6.17. The summed E-state index contributed by atoms with van der Waals surface area (Å²) in [5.41, 5.74) is 7.35. The second-order valence-electron chi connectivity index (χ2n) is 9.77. The van der Waals surface area contributed by atoms with E-state index in [1.807, 2.05) is 98.1 Å². The van der Waals surface area contributed by atoms with Gasteiger partial charge in [0.05, 0.1) is 13.2 Å². The maximum absolute atomic E-state index is 13.7. The number of ether oxygens (including phenoxy) is 1. The maximum atomic E-state index is 13.7. The Labute approximate surface area is 240 Å². The van der Waals surface area contributed by atoms with Crippen molar-refractivity contribution in [2.45, 2.75) is 39.0 Å². The number of nitrogens with one attached hydrogen (secondary N) is 1. The van der Waals surface area contributed by atoms with Gasteiger partial charge in [0, 0.05) is 5.56 Å². The van der Waals surface area contributed by atoms with E-state index < -0.39 is 17.9 Å². The number of carbonyl (C=O) groups excluding carboxylic acids is 1. The summed E-state index contributed by atoms with van der Waals surface area (Å²) in [6.45, 7) is 2.87. The van der Waals surface area contributed by atoms with Gasteiger partial charge in [-0.1, -0.05) is 84.9 Å². The van der Waals surface area contributed by atoms with Crippen LogP contribution in [0.5, 0.6) is 0 Å². The zero-order chi connectivity index (χ0) is 28.3. The molecule has 2 N–H and O–H groups in total. The summed E-state index contributed by atoms with van der Waals surface area (Å²) in [5, 5.41) is 12.6. The summed E-state index contributed by atoms with van der Waals surface area (Å²) in [6, 6.07) is 31.1. The zero-order valence-electron chi connectivity index (χ0n) is 22.9. The molecule has 0 aliphatic heterocycles. The Bertz CT molecular complexity index is 1420. The van der Waals surface area contributed by atoms with Gasteiger partial charge in [-0.3, -0.25) is 4.79 Å². The second kappa shape index (κ2) is 14.5. The SMILES string of the molecule is CSCCC(NC(=O)c1cc(Cc2ccccc2)c(COCc2ccccc2)cc1-c1ccccc1C)C(=O)O. The van der Waals surface area contributed by atoms with E-state index in [0.29, 0.717) is 37.4 Å². The first-order valence-corrected chi connectivity index (χ1v) is 14.8. The summed E-state index contributed by atoms with van der Waals surface area (Å²) in [6.07, 6.45) is 2.89. The minimum atomic E-state index is -1.03. The van der Waals surface area contributed by atoms with Gasteiger partial charge < -0.3 is 15.2 Å². The van der Waals surface area contributed by atoms with Crippen molar-refractivity contribution >= 4 is 23.6 Å². The molecule has 0 aliphatic carbocycles. The Balaban J connectivity index is 1.76. The number of amides is 1. The van der Waals surface area contributed by atoms with Gasteiger partial charge in [-0.15, -0.1) is 0 Å². The molecule has 0 fully saturated rings. The molecule has 1 unspecified atom stereocenters. The predicted molar refractivity (Wildman–Crippen MR) is 163 cm³/mol. The third kappa shape index (κ3) is 7.84. The van der Waals surface area contributed by atoms with Gasteiger partial charge in [0.2, 0.25) is 0 Å². The monoisotopic (exact) mass is 553 g/mol. The van der Waals surface area contributed by atoms with E-state index in [2.05, 4.69) is 17.4 Å². The van der Waals surface area contributed by atoms with E-state index in [1.165, 1.54) is 0 Å². The molecule has 0 bridgehead atoms. The van der Waals surface area contributed by atoms with Crippen LogP contribution < -0.4 is 5.32 Å². The fourth-order valence-electron chi connectivity index (χ4n) is 4.67. The van der Waals surface area contributed by atoms with E-state index >= 15 is 0 Å². The van der Waals surface area contributed by atoms with Gasteiger partial charge in [-0.2, -0.15) is 11.8 Å². The van der Waals surface area contributed by atoms with Crippen molar-refractivity contribution in [1.29, 1.82) is 0 Å². The number of carboxylic acids is 1. The van der Waals surface area contributed by atoms with Crippen LogP contribution in [0.4, 0.5) is 0 Å². The highest BCUT2D eigenvalue weighted by Crippen LogP contribution is 2.31. The number of carboxylic acid groups (broad SMARTS) is 1. The van der Waals surface area contributed by atoms with Gasteiger partial charge in [-0.05, 0) is 82.9 Å². The van der Waals surface area contributed by atoms with Crippen molar-refractivity contribution in [2.75, 3.05) is 12.0 Å². The molecule has 4 aromatic carbocycles. The molecule has 6 heteroatoms. The standard InChI is InChI=1S/C34H35NO4S/c1-24-11-9-10-16-29(24)30-21-28(23-39-22-26-14-7-4-8-15-26)27(19-25-12-5-3-6-13-25)20-31(30)33(36)35-32(34(37)38)17-18-40-2/h3-16,20-21,32H,17-19,22-23H2,1-2H3,(H,35,36)(H,37,38). The normalized spacial score (nSPS) is 11.7. The van der Waals surface area contributed by atoms with E-state index in [4.69, 9.17) is 4.74 Å². The smallest absolute Gasteiger partial charge is 0.326 e. The van der Waals surface area contributed by atoms with Gasteiger partial charge in [0.1, 0.15) is 6.04 Å². The van der Waals surface area contributed by atoms with Crippen LogP contribution in [0.2, 0.25) is 0 Å². The molecule has 5 nitrogen and oxygen atoms in total. The quantitative estimate of drug-likeness (QED) is 0.188. The van der Waals surface area contributed by atoms with Crippen LogP contribution in [0.3, 0.4) is 0 Å². The predicted octanol–water partition coefficient (Wildman–Crippen LogP) is 6.91. The number of aliphatic carboxylic acids is 1. The van der Waals surface area contributed by atoms with Crippen LogP contribution in [-0.2, 0) is 29.2 Å². The largest absolute Gasteiger partial charge is 0.480 e. The Hall–Kier alpha value is -3.87. The molecule has 0 aromatic heterocycles. The van der Waals surface area contributed by atoms with Crippen molar-refractivity contribution in [3.05, 3.63) is 130 Å². The van der Waals surface area contributed by atoms with Crippen LogP contribution in [0, 0.1) is 6.92 Å². The molecule has 4 rings (SSSR count). The third-order valence-corrected chi connectivity index (χ3v) is 7.48. The molecule has 0 saturated heterocycles. The fourth-order valence-corrected chi connectivity index (χ4v) is 5.14. The number of rotatable bonds is 13. The molecule has 0 aliphatic rings. The molecule has 0 spiro atoms. The number of hydrogen-bond acceptors (Lipinski definition) is 4. The summed E-state index contributed by atoms with van der Waals surface area (Å²) in [5.74, 6) is -0.785. The minimum absolute atomic E-state index is 0.351. The zero-order valence-corrected chi connectivity index (χ0v) is 23.7. The lowest BCUT2D eigenvalue weighted by Gasteiger charge is -2.20. The average Bonchev–Trinajstić information content (AvgIpc) is 2.97. The molecular formula is C34H35NO4S. The first kappa shape index (κ1) is 29.1. The van der Waals surface area contributed by atoms with Crippen LogP contribution in [0.1, 0.15) is 44.6 Å². The molecule has 0 saturated carbocycles. The number of hydrogen-bond donors (Lipinski definition) is 2. The maximum Gasteiger partial charge on any atom is 0.326 e. The number of carbonyl (C=O) groups is 2. The van der Waals surface area contributed by atoms with Crippen LogP contribution in [-0.4, -0.2) is 35.0 Å². The Morgan fingerprint density at radius 3 is 2.12 bits per heavy atom. The summed E-state index contributed by atoms with van der Waals surface area (Å²) in [7, 11) is 0. The van der Waals surface area contributed by atoms with E-state index in [-0.39, 0.29) is 0 Å². The molecule has 206 valence electrons. The highest BCUT2D eigenvalue weighted by Gasteiger charge is 2.24. The van der Waals surface area contributed by atoms with E-state index in [9.17, 15) is 14.7 Å². The fraction of sp³-hybridized carbons (Fsp3) is 0.235. The topological polar surface area (TPSA) is 75.6 Å². The summed E-state index contributed by atoms with van der Waals surface area (Å²) in [4.78, 5) is 25.7. The Morgan fingerprint density at radius 1 is 0.825 bits per heavy atom. The highest BCUT2D eigenvalue weighted by atomic mass is 32.2. The van der Waals surface area contributed by atoms with Crippen molar-refractivity contribution < 1.29 is 19.4 Å². The molecule has 0 heterocycles. The molecule has 40 heavy (non-hydrogen) atoms. The Kier molecular flexibility index (Phi) is 10.6. The third-order valence-electron chi connectivity index (χ3n) is 6.84.